The minimum atomic E-state index is -3.62. The second-order valence-electron chi connectivity index (χ2n) is 5.35. The zero-order chi connectivity index (χ0) is 16.3. The van der Waals surface area contributed by atoms with Crippen molar-refractivity contribution in [2.45, 2.75) is 25.3 Å². The fourth-order valence-corrected chi connectivity index (χ4v) is 5.68. The van der Waals surface area contributed by atoms with E-state index in [4.69, 9.17) is 11.6 Å². The summed E-state index contributed by atoms with van der Waals surface area (Å²) in [5.74, 6) is 0.223. The average molecular weight is 423 g/mol. The third-order valence-electron chi connectivity index (χ3n) is 2.98. The molecule has 2 aromatic rings. The zero-order valence-corrected chi connectivity index (χ0v) is 16.3. The number of rotatable bonds is 6. The second kappa shape index (κ2) is 7.45. The molecule has 0 unspecified atom stereocenters. The third kappa shape index (κ3) is 4.32. The average Bonchev–Trinajstić information content (AvgIpc) is 2.83. The normalized spacial score (nSPS) is 12.3. The number of thiophene rings is 1. The molecule has 0 N–H and O–H groups in total. The van der Waals surface area contributed by atoms with Gasteiger partial charge in [0.15, 0.2) is 0 Å². The van der Waals surface area contributed by atoms with Crippen LogP contribution in [0.3, 0.4) is 0 Å². The second-order valence-corrected chi connectivity index (χ2v) is 9.58. The number of hydrogen-bond donors (Lipinski definition) is 0. The van der Waals surface area contributed by atoms with Crippen molar-refractivity contribution >= 4 is 48.9 Å². The molecule has 0 saturated carbocycles. The highest BCUT2D eigenvalue weighted by Gasteiger charge is 2.27. The quantitative estimate of drug-likeness (QED) is 0.656. The van der Waals surface area contributed by atoms with Gasteiger partial charge in [-0.15, -0.1) is 11.3 Å². The summed E-state index contributed by atoms with van der Waals surface area (Å²) in [6.07, 6.45) is 0. The fraction of sp³-hybridized carbons (Fsp3) is 0.333. The highest BCUT2D eigenvalue weighted by Crippen LogP contribution is 2.28. The Balaban J connectivity index is 2.37. The molecule has 0 aliphatic heterocycles. The van der Waals surface area contributed by atoms with Crippen LogP contribution in [0.2, 0.25) is 5.02 Å². The van der Waals surface area contributed by atoms with Gasteiger partial charge in [0.25, 0.3) is 0 Å². The van der Waals surface area contributed by atoms with Crippen molar-refractivity contribution in [2.75, 3.05) is 6.54 Å². The minimum absolute atomic E-state index is 0.160. The van der Waals surface area contributed by atoms with E-state index in [1.165, 1.54) is 15.6 Å². The van der Waals surface area contributed by atoms with Crippen LogP contribution in [0.15, 0.2) is 45.1 Å². The Morgan fingerprint density at radius 1 is 1.32 bits per heavy atom. The Morgan fingerprint density at radius 2 is 2.00 bits per heavy atom. The lowest BCUT2D eigenvalue weighted by Crippen LogP contribution is -2.33. The van der Waals surface area contributed by atoms with E-state index in [1.54, 1.807) is 24.3 Å². The van der Waals surface area contributed by atoms with Gasteiger partial charge in [0.2, 0.25) is 10.0 Å². The maximum atomic E-state index is 12.9. The predicted octanol–water partition coefficient (Wildman–Crippen LogP) is 5.01. The molecule has 0 saturated heterocycles. The largest absolute Gasteiger partial charge is 0.244 e. The molecule has 0 spiro atoms. The van der Waals surface area contributed by atoms with Gasteiger partial charge in [-0.2, -0.15) is 4.31 Å². The van der Waals surface area contributed by atoms with Crippen molar-refractivity contribution in [1.29, 1.82) is 0 Å². The van der Waals surface area contributed by atoms with Crippen LogP contribution in [0, 0.1) is 5.92 Å². The van der Waals surface area contributed by atoms with Crippen LogP contribution in [0.4, 0.5) is 0 Å². The molecule has 1 aromatic heterocycles. The van der Waals surface area contributed by atoms with Crippen molar-refractivity contribution in [3.8, 4) is 0 Å². The molecule has 0 fully saturated rings. The molecule has 0 atom stereocenters. The lowest BCUT2D eigenvalue weighted by molar-refractivity contribution is 0.364. The van der Waals surface area contributed by atoms with Gasteiger partial charge < -0.3 is 0 Å². The summed E-state index contributed by atoms with van der Waals surface area (Å²) < 4.78 is 28.3. The van der Waals surface area contributed by atoms with Gasteiger partial charge >= 0.3 is 0 Å². The molecule has 3 nitrogen and oxygen atoms in total. The van der Waals surface area contributed by atoms with Crippen molar-refractivity contribution < 1.29 is 8.42 Å². The van der Waals surface area contributed by atoms with Gasteiger partial charge in [0.05, 0.1) is 5.02 Å². The number of nitrogens with zero attached hydrogens (tertiary/aromatic N) is 1. The molecule has 2 rings (SSSR count). The van der Waals surface area contributed by atoms with Gasteiger partial charge in [0, 0.05) is 27.8 Å². The van der Waals surface area contributed by atoms with Gasteiger partial charge in [-0.3, -0.25) is 0 Å². The smallest absolute Gasteiger partial charge is 0.207 e. The van der Waals surface area contributed by atoms with E-state index in [9.17, 15) is 8.42 Å². The number of benzene rings is 1. The van der Waals surface area contributed by atoms with Crippen molar-refractivity contribution in [1.82, 2.24) is 4.31 Å². The summed E-state index contributed by atoms with van der Waals surface area (Å²) >= 11 is 11.0. The highest BCUT2D eigenvalue weighted by molar-refractivity contribution is 9.10. The van der Waals surface area contributed by atoms with Crippen LogP contribution in [0.5, 0.6) is 0 Å². The molecule has 22 heavy (non-hydrogen) atoms. The Hall–Kier alpha value is -0.400. The summed E-state index contributed by atoms with van der Waals surface area (Å²) in [4.78, 5) is 1.15. The standard InChI is InChI=1S/C15H17BrClNO2S2/c1-11(2)8-18(9-13-7-12(16)10-21-13)22(19,20)15-6-4-3-5-14(15)17/h3-7,10-11H,8-9H2,1-2H3. The van der Waals surface area contributed by atoms with Gasteiger partial charge in [-0.1, -0.05) is 37.6 Å². The first-order valence-electron chi connectivity index (χ1n) is 6.78. The van der Waals surface area contributed by atoms with E-state index in [1.807, 2.05) is 25.3 Å². The van der Waals surface area contributed by atoms with Crippen molar-refractivity contribution in [3.63, 3.8) is 0 Å². The lowest BCUT2D eigenvalue weighted by Gasteiger charge is -2.24. The van der Waals surface area contributed by atoms with Crippen molar-refractivity contribution in [3.05, 3.63) is 50.1 Å². The monoisotopic (exact) mass is 421 g/mol. The molecular weight excluding hydrogens is 406 g/mol. The van der Waals surface area contributed by atoms with Crippen molar-refractivity contribution in [2.24, 2.45) is 5.92 Å². The number of halogens is 2. The van der Waals surface area contributed by atoms with Gasteiger partial charge in [-0.25, -0.2) is 8.42 Å². The van der Waals surface area contributed by atoms with E-state index in [2.05, 4.69) is 15.9 Å². The first-order chi connectivity index (χ1) is 10.3. The van der Waals surface area contributed by atoms with Crippen LogP contribution >= 0.6 is 38.9 Å². The summed E-state index contributed by atoms with van der Waals surface area (Å²) in [5.41, 5.74) is 0. The van der Waals surface area contributed by atoms with Crippen LogP contribution in [0.25, 0.3) is 0 Å². The Kier molecular flexibility index (Phi) is 6.07. The van der Waals surface area contributed by atoms with E-state index in [-0.39, 0.29) is 15.8 Å². The lowest BCUT2D eigenvalue weighted by atomic mass is 10.2. The molecular formula is C15H17BrClNO2S2. The molecule has 0 aliphatic rings. The van der Waals surface area contributed by atoms with E-state index in [0.29, 0.717) is 13.1 Å². The molecule has 120 valence electrons. The maximum Gasteiger partial charge on any atom is 0.244 e. The molecule has 1 heterocycles. The third-order valence-corrected chi connectivity index (χ3v) is 6.97. The molecule has 7 heteroatoms. The Morgan fingerprint density at radius 3 is 2.55 bits per heavy atom. The number of hydrogen-bond acceptors (Lipinski definition) is 3. The Labute approximate surface area is 149 Å². The number of sulfonamides is 1. The molecule has 1 aromatic carbocycles. The molecule has 0 amide bonds. The van der Waals surface area contributed by atoms with Crippen LogP contribution < -0.4 is 0 Å². The topological polar surface area (TPSA) is 37.4 Å². The summed E-state index contributed by atoms with van der Waals surface area (Å²) in [6.45, 7) is 4.80. The molecule has 0 bridgehead atoms. The van der Waals surface area contributed by atoms with Gasteiger partial charge in [0.1, 0.15) is 4.90 Å². The van der Waals surface area contributed by atoms with E-state index < -0.39 is 10.0 Å². The van der Waals surface area contributed by atoms with Crippen LogP contribution in [-0.4, -0.2) is 19.3 Å². The van der Waals surface area contributed by atoms with E-state index >= 15 is 0 Å². The highest BCUT2D eigenvalue weighted by atomic mass is 79.9. The van der Waals surface area contributed by atoms with Crippen LogP contribution in [-0.2, 0) is 16.6 Å². The first kappa shape index (κ1) is 17.9. The first-order valence-corrected chi connectivity index (χ1v) is 10.3. The summed E-state index contributed by atoms with van der Waals surface area (Å²) in [7, 11) is -3.62. The maximum absolute atomic E-state index is 12.9. The van der Waals surface area contributed by atoms with Gasteiger partial charge in [-0.05, 0) is 40.0 Å². The fourth-order valence-electron chi connectivity index (χ4n) is 2.06. The summed E-state index contributed by atoms with van der Waals surface area (Å²) in [5, 5.41) is 2.20. The summed E-state index contributed by atoms with van der Waals surface area (Å²) in [6, 6.07) is 8.51. The van der Waals surface area contributed by atoms with E-state index in [0.717, 1.165) is 9.35 Å². The predicted molar refractivity (Wildman–Crippen MR) is 95.9 cm³/mol. The Bertz CT molecular complexity index is 744. The molecule has 0 aliphatic carbocycles. The molecule has 0 radical (unpaired) electrons. The van der Waals surface area contributed by atoms with Crippen LogP contribution in [0.1, 0.15) is 18.7 Å². The SMILES string of the molecule is CC(C)CN(Cc1cc(Br)cs1)S(=O)(=O)c1ccccc1Cl. The zero-order valence-electron chi connectivity index (χ0n) is 12.3. The minimum Gasteiger partial charge on any atom is -0.207 e.